The summed E-state index contributed by atoms with van der Waals surface area (Å²) in [5.41, 5.74) is 6.60. The molecule has 14 heavy (non-hydrogen) atoms. The summed E-state index contributed by atoms with van der Waals surface area (Å²) in [7, 11) is 1.55. The molecule has 0 aliphatic carbocycles. The van der Waals surface area contributed by atoms with Crippen LogP contribution in [0.2, 0.25) is 0 Å². The van der Waals surface area contributed by atoms with E-state index >= 15 is 0 Å². The van der Waals surface area contributed by atoms with Gasteiger partial charge in [-0.1, -0.05) is 0 Å². The van der Waals surface area contributed by atoms with Crippen molar-refractivity contribution in [3.8, 4) is 0 Å². The molecule has 0 aromatic heterocycles. The van der Waals surface area contributed by atoms with Crippen molar-refractivity contribution in [2.75, 3.05) is 26.1 Å². The lowest BCUT2D eigenvalue weighted by molar-refractivity contribution is 0.0388. The summed E-state index contributed by atoms with van der Waals surface area (Å²) in [6.45, 7) is 0.667. The largest absolute Gasteiger partial charge is 0.460 e. The number of carbonyl (C=O) groups excluding carboxylic acids is 1. The van der Waals surface area contributed by atoms with Crippen molar-refractivity contribution in [3.63, 3.8) is 0 Å². The molecule has 4 heteroatoms. The molecule has 0 amide bonds. The Morgan fingerprint density at radius 2 is 1.93 bits per heavy atom. The molecule has 0 heterocycles. The fraction of sp³-hybridized carbons (Fsp3) is 0.300. The zero-order valence-electron chi connectivity index (χ0n) is 8.03. The number of hydrogen-bond donors (Lipinski definition) is 1. The molecule has 0 aliphatic heterocycles. The van der Waals surface area contributed by atoms with E-state index in [9.17, 15) is 4.79 Å². The van der Waals surface area contributed by atoms with Gasteiger partial charge in [-0.25, -0.2) is 4.79 Å². The molecule has 1 rings (SSSR count). The van der Waals surface area contributed by atoms with Gasteiger partial charge in [0.05, 0.1) is 12.2 Å². The van der Waals surface area contributed by atoms with Crippen molar-refractivity contribution in [1.29, 1.82) is 0 Å². The van der Waals surface area contributed by atoms with Crippen molar-refractivity contribution >= 4 is 11.7 Å². The van der Waals surface area contributed by atoms with Gasteiger partial charge in [-0.15, -0.1) is 0 Å². The normalized spacial score (nSPS) is 9.79. The zero-order valence-corrected chi connectivity index (χ0v) is 8.03. The summed E-state index contributed by atoms with van der Waals surface area (Å²) in [5, 5.41) is 0. The Bertz CT molecular complexity index is 295. The number of methoxy groups -OCH3 is 1. The van der Waals surface area contributed by atoms with E-state index in [0.717, 1.165) is 0 Å². The summed E-state index contributed by atoms with van der Waals surface area (Å²) in [4.78, 5) is 11.3. The van der Waals surface area contributed by atoms with Crippen LogP contribution >= 0.6 is 0 Å². The second-order valence-electron chi connectivity index (χ2n) is 2.75. The van der Waals surface area contributed by atoms with Gasteiger partial charge < -0.3 is 15.2 Å². The molecule has 1 aromatic carbocycles. The molecular formula is C10H13NO3. The highest BCUT2D eigenvalue weighted by Crippen LogP contribution is 2.06. The molecule has 0 radical (unpaired) electrons. The van der Waals surface area contributed by atoms with Crippen LogP contribution in [0.4, 0.5) is 5.69 Å². The number of ether oxygens (including phenoxy) is 2. The van der Waals surface area contributed by atoms with Crippen LogP contribution in [0.25, 0.3) is 0 Å². The van der Waals surface area contributed by atoms with Crippen LogP contribution in [0.3, 0.4) is 0 Å². The monoisotopic (exact) mass is 195 g/mol. The average molecular weight is 195 g/mol. The molecule has 0 spiro atoms. The molecule has 0 fully saturated rings. The van der Waals surface area contributed by atoms with Gasteiger partial charge in [-0.3, -0.25) is 0 Å². The van der Waals surface area contributed by atoms with Gasteiger partial charge in [0.2, 0.25) is 0 Å². The summed E-state index contributed by atoms with van der Waals surface area (Å²) in [6, 6.07) is 6.58. The Morgan fingerprint density at radius 3 is 2.50 bits per heavy atom. The first-order chi connectivity index (χ1) is 6.74. The second-order valence-corrected chi connectivity index (χ2v) is 2.75. The SMILES string of the molecule is COCCOC(=O)c1ccc(N)cc1. The molecule has 0 aliphatic rings. The lowest BCUT2D eigenvalue weighted by Crippen LogP contribution is -2.09. The first-order valence-electron chi connectivity index (χ1n) is 4.25. The number of carbonyl (C=O) groups is 1. The van der Waals surface area contributed by atoms with Crippen LogP contribution in [-0.4, -0.2) is 26.3 Å². The van der Waals surface area contributed by atoms with E-state index in [2.05, 4.69) is 0 Å². The van der Waals surface area contributed by atoms with Crippen molar-refractivity contribution in [2.45, 2.75) is 0 Å². The fourth-order valence-corrected chi connectivity index (χ4v) is 0.920. The topological polar surface area (TPSA) is 61.5 Å². The maximum atomic E-state index is 11.3. The number of esters is 1. The van der Waals surface area contributed by atoms with Gasteiger partial charge in [-0.2, -0.15) is 0 Å². The van der Waals surface area contributed by atoms with E-state index in [1.807, 2.05) is 0 Å². The second kappa shape index (κ2) is 5.24. The summed E-state index contributed by atoms with van der Waals surface area (Å²) in [6.07, 6.45) is 0. The molecule has 4 nitrogen and oxygen atoms in total. The Hall–Kier alpha value is -1.55. The van der Waals surface area contributed by atoms with E-state index < -0.39 is 0 Å². The molecule has 0 saturated heterocycles. The third kappa shape index (κ3) is 3.06. The third-order valence-corrected chi connectivity index (χ3v) is 1.67. The first-order valence-corrected chi connectivity index (χ1v) is 4.25. The van der Waals surface area contributed by atoms with Crippen molar-refractivity contribution in [3.05, 3.63) is 29.8 Å². The molecule has 0 bridgehead atoms. The smallest absolute Gasteiger partial charge is 0.338 e. The quantitative estimate of drug-likeness (QED) is 0.443. The Morgan fingerprint density at radius 1 is 1.29 bits per heavy atom. The number of nitrogens with two attached hydrogens (primary N) is 1. The third-order valence-electron chi connectivity index (χ3n) is 1.67. The maximum absolute atomic E-state index is 11.3. The fourth-order valence-electron chi connectivity index (χ4n) is 0.920. The summed E-state index contributed by atoms with van der Waals surface area (Å²) < 4.78 is 9.65. The minimum atomic E-state index is -0.359. The number of hydrogen-bond acceptors (Lipinski definition) is 4. The highest BCUT2D eigenvalue weighted by Gasteiger charge is 2.05. The van der Waals surface area contributed by atoms with Gasteiger partial charge in [0.25, 0.3) is 0 Å². The van der Waals surface area contributed by atoms with E-state index in [1.165, 1.54) is 0 Å². The summed E-state index contributed by atoms with van der Waals surface area (Å²) >= 11 is 0. The highest BCUT2D eigenvalue weighted by molar-refractivity contribution is 5.89. The lowest BCUT2D eigenvalue weighted by Gasteiger charge is -2.03. The van der Waals surface area contributed by atoms with E-state index in [4.69, 9.17) is 15.2 Å². The number of rotatable bonds is 4. The van der Waals surface area contributed by atoms with Crippen LogP contribution < -0.4 is 5.73 Å². The molecular weight excluding hydrogens is 182 g/mol. The number of nitrogen functional groups attached to an aromatic ring is 1. The molecule has 1 aromatic rings. The van der Waals surface area contributed by atoms with Crippen molar-refractivity contribution in [1.82, 2.24) is 0 Å². The van der Waals surface area contributed by atoms with Crippen LogP contribution in [0.15, 0.2) is 24.3 Å². The standard InChI is InChI=1S/C10H13NO3/c1-13-6-7-14-10(12)8-2-4-9(11)5-3-8/h2-5H,6-7,11H2,1H3. The van der Waals surface area contributed by atoms with Gasteiger partial charge >= 0.3 is 5.97 Å². The van der Waals surface area contributed by atoms with Gasteiger partial charge in [-0.05, 0) is 24.3 Å². The predicted molar refractivity (Wildman–Crippen MR) is 53.0 cm³/mol. The Balaban J connectivity index is 2.48. The van der Waals surface area contributed by atoms with Gasteiger partial charge in [0.1, 0.15) is 6.61 Å². The van der Waals surface area contributed by atoms with Gasteiger partial charge in [0.15, 0.2) is 0 Å². The van der Waals surface area contributed by atoms with Crippen LogP contribution in [0.5, 0.6) is 0 Å². The Kier molecular flexibility index (Phi) is 3.94. The first kappa shape index (κ1) is 10.5. The molecule has 0 atom stereocenters. The Labute approximate surface area is 82.6 Å². The van der Waals surface area contributed by atoms with Gasteiger partial charge in [0, 0.05) is 12.8 Å². The number of benzene rings is 1. The average Bonchev–Trinajstić information content (AvgIpc) is 2.19. The van der Waals surface area contributed by atoms with Crippen LogP contribution in [0.1, 0.15) is 10.4 Å². The van der Waals surface area contributed by atoms with Crippen molar-refractivity contribution in [2.24, 2.45) is 0 Å². The highest BCUT2D eigenvalue weighted by atomic mass is 16.6. The minimum absolute atomic E-state index is 0.264. The molecule has 0 unspecified atom stereocenters. The predicted octanol–water partition coefficient (Wildman–Crippen LogP) is 1.07. The molecule has 2 N–H and O–H groups in total. The molecule has 76 valence electrons. The van der Waals surface area contributed by atoms with Crippen LogP contribution in [0, 0.1) is 0 Å². The van der Waals surface area contributed by atoms with E-state index in [0.29, 0.717) is 17.9 Å². The van der Waals surface area contributed by atoms with Crippen molar-refractivity contribution < 1.29 is 14.3 Å². The van der Waals surface area contributed by atoms with E-state index in [-0.39, 0.29) is 12.6 Å². The van der Waals surface area contributed by atoms with E-state index in [1.54, 1.807) is 31.4 Å². The van der Waals surface area contributed by atoms with Crippen LogP contribution in [-0.2, 0) is 9.47 Å². The summed E-state index contributed by atoms with van der Waals surface area (Å²) in [5.74, 6) is -0.359. The maximum Gasteiger partial charge on any atom is 0.338 e. The lowest BCUT2D eigenvalue weighted by atomic mass is 10.2. The zero-order chi connectivity index (χ0) is 10.4. The minimum Gasteiger partial charge on any atom is -0.460 e. The molecule has 0 saturated carbocycles. The number of anilines is 1.